The Labute approximate surface area is 193 Å². The normalized spacial score (nSPS) is 10.8. The first-order chi connectivity index (χ1) is 15.0. The molecule has 0 fully saturated rings. The van der Waals surface area contributed by atoms with E-state index < -0.39 is 5.91 Å². The van der Waals surface area contributed by atoms with Gasteiger partial charge in [0.15, 0.2) is 11.6 Å². The van der Waals surface area contributed by atoms with Gasteiger partial charge in [0.05, 0.1) is 21.6 Å². The lowest BCUT2D eigenvalue weighted by Gasteiger charge is -2.05. The summed E-state index contributed by atoms with van der Waals surface area (Å²) in [4.78, 5) is 12.5. The van der Waals surface area contributed by atoms with Crippen LogP contribution in [0.1, 0.15) is 21.9 Å². The van der Waals surface area contributed by atoms with Gasteiger partial charge in [-0.2, -0.15) is 5.10 Å². The zero-order valence-electron chi connectivity index (χ0n) is 16.0. The summed E-state index contributed by atoms with van der Waals surface area (Å²) in [6.07, 6.45) is 1.75. The van der Waals surface area contributed by atoms with Gasteiger partial charge in [-0.3, -0.25) is 9.48 Å². The molecule has 0 aliphatic carbocycles. The number of ether oxygens (including phenoxy) is 1. The lowest BCUT2D eigenvalue weighted by atomic mass is 10.2. The van der Waals surface area contributed by atoms with E-state index in [0.29, 0.717) is 38.9 Å². The number of para-hydroxylation sites is 1. The molecule has 0 aliphatic rings. The molecule has 0 unspecified atom stereocenters. The van der Waals surface area contributed by atoms with Crippen molar-refractivity contribution in [3.8, 4) is 5.75 Å². The molecule has 0 bridgehead atoms. The summed E-state index contributed by atoms with van der Waals surface area (Å²) in [5.41, 5.74) is 0.935. The molecule has 2 aromatic carbocycles. The maximum Gasteiger partial charge on any atom is 0.292 e. The van der Waals surface area contributed by atoms with Crippen molar-refractivity contribution in [3.63, 3.8) is 0 Å². The minimum absolute atomic E-state index is 0.148. The molecule has 158 valence electrons. The summed E-state index contributed by atoms with van der Waals surface area (Å²) in [5, 5.41) is 8.53. The van der Waals surface area contributed by atoms with Crippen LogP contribution < -0.4 is 10.1 Å². The summed E-state index contributed by atoms with van der Waals surface area (Å²) < 4.78 is 12.9. The van der Waals surface area contributed by atoms with Crippen molar-refractivity contribution in [2.45, 2.75) is 13.2 Å². The second kappa shape index (κ2) is 9.47. The van der Waals surface area contributed by atoms with Crippen LogP contribution in [0.15, 0.2) is 71.3 Å². The lowest BCUT2D eigenvalue weighted by molar-refractivity contribution is 0.0992. The van der Waals surface area contributed by atoms with Crippen molar-refractivity contribution in [3.05, 3.63) is 99.0 Å². The number of hydrogen-bond acceptors (Lipinski definition) is 4. The van der Waals surface area contributed by atoms with Crippen molar-refractivity contribution in [1.82, 2.24) is 9.78 Å². The van der Waals surface area contributed by atoms with Gasteiger partial charge in [-0.15, -0.1) is 0 Å². The SMILES string of the molecule is O=C(Nc1ccn(Cc2ccc(Cl)c(Cl)c2)n1)c1ccc(COc2ccccc2Cl)o1. The highest BCUT2D eigenvalue weighted by Gasteiger charge is 2.14. The van der Waals surface area contributed by atoms with E-state index >= 15 is 0 Å². The third kappa shape index (κ3) is 5.41. The topological polar surface area (TPSA) is 69.3 Å². The van der Waals surface area contributed by atoms with E-state index in [4.69, 9.17) is 44.0 Å². The van der Waals surface area contributed by atoms with Crippen LogP contribution in [-0.4, -0.2) is 15.7 Å². The van der Waals surface area contributed by atoms with Crippen LogP contribution in [0.5, 0.6) is 5.75 Å². The van der Waals surface area contributed by atoms with Gasteiger partial charge in [0.25, 0.3) is 5.91 Å². The van der Waals surface area contributed by atoms with E-state index in [1.807, 2.05) is 18.2 Å². The maximum absolute atomic E-state index is 12.5. The summed E-state index contributed by atoms with van der Waals surface area (Å²) in [7, 11) is 0. The van der Waals surface area contributed by atoms with Crippen molar-refractivity contribution >= 4 is 46.5 Å². The van der Waals surface area contributed by atoms with Gasteiger partial charge in [0.2, 0.25) is 0 Å². The predicted molar refractivity (Wildman–Crippen MR) is 120 cm³/mol. The summed E-state index contributed by atoms with van der Waals surface area (Å²) in [6.45, 7) is 0.631. The van der Waals surface area contributed by atoms with E-state index in [9.17, 15) is 4.79 Å². The third-order valence-corrected chi connectivity index (χ3v) is 5.35. The molecule has 0 spiro atoms. The van der Waals surface area contributed by atoms with Crippen molar-refractivity contribution in [2.75, 3.05) is 5.32 Å². The van der Waals surface area contributed by atoms with Gasteiger partial charge in [0, 0.05) is 12.3 Å². The quantitative estimate of drug-likeness (QED) is 0.339. The molecule has 2 heterocycles. The number of carbonyl (C=O) groups excluding carboxylic acids is 1. The average molecular weight is 477 g/mol. The number of hydrogen-bond donors (Lipinski definition) is 1. The predicted octanol–water partition coefficient (Wildman–Crippen LogP) is 6.32. The van der Waals surface area contributed by atoms with E-state index in [-0.39, 0.29) is 12.4 Å². The number of furan rings is 1. The Morgan fingerprint density at radius 3 is 2.65 bits per heavy atom. The molecular formula is C22H16Cl3N3O3. The molecule has 0 aliphatic heterocycles. The van der Waals surface area contributed by atoms with Crippen molar-refractivity contribution in [2.24, 2.45) is 0 Å². The largest absolute Gasteiger partial charge is 0.484 e. The number of nitrogens with zero attached hydrogens (tertiary/aromatic N) is 2. The number of benzene rings is 2. The third-order valence-electron chi connectivity index (χ3n) is 4.30. The highest BCUT2D eigenvalue weighted by atomic mass is 35.5. The molecule has 9 heteroatoms. The van der Waals surface area contributed by atoms with Crippen LogP contribution in [-0.2, 0) is 13.2 Å². The Balaban J connectivity index is 1.34. The van der Waals surface area contributed by atoms with Crippen molar-refractivity contribution < 1.29 is 13.9 Å². The number of anilines is 1. The molecule has 0 saturated heterocycles. The molecule has 0 radical (unpaired) electrons. The molecule has 0 atom stereocenters. The first-order valence-corrected chi connectivity index (χ1v) is 10.4. The Morgan fingerprint density at radius 2 is 1.84 bits per heavy atom. The fraction of sp³-hybridized carbons (Fsp3) is 0.0909. The van der Waals surface area contributed by atoms with Crippen LogP contribution in [0.4, 0.5) is 5.82 Å². The Bertz CT molecular complexity index is 1220. The highest BCUT2D eigenvalue weighted by molar-refractivity contribution is 6.42. The minimum Gasteiger partial charge on any atom is -0.484 e. The molecule has 2 aromatic heterocycles. The molecule has 1 N–H and O–H groups in total. The molecule has 4 aromatic rings. The van der Waals surface area contributed by atoms with Gasteiger partial charge in [-0.1, -0.05) is 53.0 Å². The second-order valence-corrected chi connectivity index (χ2v) is 7.81. The van der Waals surface area contributed by atoms with E-state index in [2.05, 4.69) is 10.4 Å². The number of rotatable bonds is 7. The first-order valence-electron chi connectivity index (χ1n) is 9.23. The summed E-state index contributed by atoms with van der Waals surface area (Å²) in [6, 6.07) is 17.4. The van der Waals surface area contributed by atoms with Crippen LogP contribution in [0.25, 0.3) is 0 Å². The number of aromatic nitrogens is 2. The van der Waals surface area contributed by atoms with Crippen LogP contribution in [0, 0.1) is 0 Å². The molecular weight excluding hydrogens is 461 g/mol. The fourth-order valence-electron chi connectivity index (χ4n) is 2.81. The minimum atomic E-state index is -0.413. The smallest absolute Gasteiger partial charge is 0.292 e. The zero-order chi connectivity index (χ0) is 21.8. The van der Waals surface area contributed by atoms with Gasteiger partial charge in [-0.25, -0.2) is 0 Å². The molecule has 0 saturated carbocycles. The Morgan fingerprint density at radius 1 is 1.00 bits per heavy atom. The van der Waals surface area contributed by atoms with Gasteiger partial charge < -0.3 is 14.5 Å². The van der Waals surface area contributed by atoms with E-state index in [1.165, 1.54) is 0 Å². The summed E-state index contributed by atoms with van der Waals surface area (Å²) >= 11 is 18.0. The maximum atomic E-state index is 12.5. The van der Waals surface area contributed by atoms with Gasteiger partial charge in [-0.05, 0) is 42.0 Å². The number of halogens is 3. The number of amides is 1. The molecule has 1 amide bonds. The van der Waals surface area contributed by atoms with Gasteiger partial charge in [0.1, 0.15) is 18.1 Å². The van der Waals surface area contributed by atoms with Crippen molar-refractivity contribution in [1.29, 1.82) is 0 Å². The first kappa shape index (κ1) is 21.3. The number of carbonyl (C=O) groups is 1. The zero-order valence-corrected chi connectivity index (χ0v) is 18.3. The van der Waals surface area contributed by atoms with E-state index in [1.54, 1.807) is 53.3 Å². The second-order valence-electron chi connectivity index (χ2n) is 6.59. The highest BCUT2D eigenvalue weighted by Crippen LogP contribution is 2.25. The molecule has 4 rings (SSSR count). The lowest BCUT2D eigenvalue weighted by Crippen LogP contribution is -2.12. The Hall–Kier alpha value is -2.93. The monoisotopic (exact) mass is 475 g/mol. The van der Waals surface area contributed by atoms with Crippen LogP contribution in [0.2, 0.25) is 15.1 Å². The average Bonchev–Trinajstić information content (AvgIpc) is 3.40. The number of nitrogens with one attached hydrogen (secondary N) is 1. The summed E-state index contributed by atoms with van der Waals surface area (Å²) in [5.74, 6) is 1.17. The molecule has 31 heavy (non-hydrogen) atoms. The fourth-order valence-corrected chi connectivity index (χ4v) is 3.32. The van der Waals surface area contributed by atoms with Crippen LogP contribution in [0.3, 0.4) is 0 Å². The van der Waals surface area contributed by atoms with Gasteiger partial charge >= 0.3 is 0 Å². The standard InChI is InChI=1S/C22H16Cl3N3O3/c23-16-7-5-14(11-18(16)25)12-28-10-9-21(27-28)26-22(29)20-8-6-15(31-20)13-30-19-4-2-1-3-17(19)24/h1-11H,12-13H2,(H,26,27,29). The Kier molecular flexibility index (Phi) is 6.51. The molecule has 6 nitrogen and oxygen atoms in total. The van der Waals surface area contributed by atoms with E-state index in [0.717, 1.165) is 5.56 Å². The van der Waals surface area contributed by atoms with Crippen LogP contribution >= 0.6 is 34.8 Å².